The van der Waals surface area contributed by atoms with Gasteiger partial charge in [0, 0.05) is 36.3 Å². The molecular formula is C23H33NO5. The van der Waals surface area contributed by atoms with Crippen LogP contribution in [0.5, 0.6) is 0 Å². The zero-order valence-electron chi connectivity index (χ0n) is 18.2. The van der Waals surface area contributed by atoms with Crippen LogP contribution in [-0.4, -0.2) is 54.0 Å². The van der Waals surface area contributed by atoms with Gasteiger partial charge in [0.05, 0.1) is 24.5 Å². The van der Waals surface area contributed by atoms with E-state index in [2.05, 4.69) is 33.8 Å². The van der Waals surface area contributed by atoms with Gasteiger partial charge in [0.2, 0.25) is 5.91 Å². The van der Waals surface area contributed by atoms with Crippen LogP contribution in [0.15, 0.2) is 11.6 Å². The van der Waals surface area contributed by atoms with Gasteiger partial charge in [-0.15, -0.1) is 0 Å². The number of esters is 1. The third-order valence-electron chi connectivity index (χ3n) is 8.28. The first-order valence-corrected chi connectivity index (χ1v) is 11.2. The number of nitrogens with zero attached hydrogens (tertiary/aromatic N) is 1. The third-order valence-corrected chi connectivity index (χ3v) is 8.28. The first-order valence-electron chi connectivity index (χ1n) is 11.2. The van der Waals surface area contributed by atoms with Gasteiger partial charge in [-0.25, -0.2) is 0 Å². The summed E-state index contributed by atoms with van der Waals surface area (Å²) in [5.74, 6) is -0.956. The fourth-order valence-corrected chi connectivity index (χ4v) is 7.24. The van der Waals surface area contributed by atoms with Crippen LogP contribution in [0.3, 0.4) is 0 Å². The number of rotatable bonds is 3. The third kappa shape index (κ3) is 2.36. The van der Waals surface area contributed by atoms with Gasteiger partial charge in [-0.3, -0.25) is 9.59 Å². The summed E-state index contributed by atoms with van der Waals surface area (Å²) in [5, 5.41) is 0. The minimum absolute atomic E-state index is 0.0780. The van der Waals surface area contributed by atoms with Crippen molar-refractivity contribution in [3.63, 3.8) is 0 Å². The summed E-state index contributed by atoms with van der Waals surface area (Å²) in [6.07, 6.45) is 5.05. The van der Waals surface area contributed by atoms with Crippen LogP contribution in [0.4, 0.5) is 0 Å². The van der Waals surface area contributed by atoms with Gasteiger partial charge < -0.3 is 19.1 Å². The molecule has 5 aliphatic rings. The zero-order chi connectivity index (χ0) is 20.8. The van der Waals surface area contributed by atoms with Gasteiger partial charge in [0.25, 0.3) is 0 Å². The van der Waals surface area contributed by atoms with Crippen molar-refractivity contribution in [2.75, 3.05) is 13.2 Å². The molecule has 0 aromatic rings. The number of cyclic esters (lactones) is 1. The molecule has 0 bridgehead atoms. The molecule has 6 heteroatoms. The number of fused-ring (bicyclic) bond motifs is 2. The van der Waals surface area contributed by atoms with E-state index < -0.39 is 11.2 Å². The largest absolute Gasteiger partial charge is 0.462 e. The van der Waals surface area contributed by atoms with Gasteiger partial charge in [0.1, 0.15) is 6.10 Å². The number of ether oxygens (including phenoxy) is 3. The van der Waals surface area contributed by atoms with E-state index in [0.29, 0.717) is 19.6 Å². The van der Waals surface area contributed by atoms with Crippen molar-refractivity contribution in [2.45, 2.75) is 84.3 Å². The van der Waals surface area contributed by atoms with Crippen molar-refractivity contribution in [2.24, 2.45) is 22.7 Å². The fourth-order valence-electron chi connectivity index (χ4n) is 7.24. The lowest BCUT2D eigenvalue weighted by atomic mass is 9.61. The average molecular weight is 404 g/mol. The van der Waals surface area contributed by atoms with Gasteiger partial charge >= 0.3 is 5.97 Å². The monoisotopic (exact) mass is 403 g/mol. The molecule has 29 heavy (non-hydrogen) atoms. The van der Waals surface area contributed by atoms with E-state index in [0.717, 1.165) is 19.3 Å². The highest BCUT2D eigenvalue weighted by molar-refractivity contribution is 5.92. The van der Waals surface area contributed by atoms with Crippen molar-refractivity contribution < 1.29 is 23.8 Å². The molecular weight excluding hydrogens is 370 g/mol. The summed E-state index contributed by atoms with van der Waals surface area (Å²) >= 11 is 0. The Kier molecular flexibility index (Phi) is 4.09. The van der Waals surface area contributed by atoms with E-state index in [1.165, 1.54) is 5.57 Å². The summed E-state index contributed by atoms with van der Waals surface area (Å²) in [6.45, 7) is 11.5. The normalized spacial score (nSPS) is 41.7. The highest BCUT2D eigenvalue weighted by Gasteiger charge is 2.82. The molecule has 1 amide bonds. The lowest BCUT2D eigenvalue weighted by Crippen LogP contribution is -2.54. The topological polar surface area (TPSA) is 65.1 Å². The van der Waals surface area contributed by atoms with Crippen LogP contribution in [-0.2, 0) is 23.8 Å². The molecule has 6 nitrogen and oxygen atoms in total. The Labute approximate surface area is 172 Å². The van der Waals surface area contributed by atoms with Crippen LogP contribution in [0, 0.1) is 22.7 Å². The van der Waals surface area contributed by atoms with E-state index in [1.54, 1.807) is 0 Å². The molecule has 0 N–H and O–H groups in total. The lowest BCUT2D eigenvalue weighted by molar-refractivity contribution is -0.177. The number of carbonyl (C=O) groups excluding carboxylic acids is 2. The van der Waals surface area contributed by atoms with Gasteiger partial charge in [-0.2, -0.15) is 0 Å². The predicted molar refractivity (Wildman–Crippen MR) is 106 cm³/mol. The molecule has 2 saturated carbocycles. The second-order valence-corrected chi connectivity index (χ2v) is 10.3. The first-order chi connectivity index (χ1) is 13.7. The number of carbonyl (C=O) groups is 2. The highest BCUT2D eigenvalue weighted by atomic mass is 16.7. The zero-order valence-corrected chi connectivity index (χ0v) is 18.2. The molecule has 1 unspecified atom stereocenters. The minimum Gasteiger partial charge on any atom is -0.462 e. The molecule has 0 radical (unpaired) electrons. The van der Waals surface area contributed by atoms with E-state index in [4.69, 9.17) is 14.2 Å². The molecule has 5 rings (SSSR count). The minimum atomic E-state index is -0.564. The molecule has 4 fully saturated rings. The van der Waals surface area contributed by atoms with Crippen LogP contribution < -0.4 is 0 Å². The van der Waals surface area contributed by atoms with Crippen molar-refractivity contribution in [1.82, 2.24) is 4.90 Å². The van der Waals surface area contributed by atoms with E-state index in [1.807, 2.05) is 11.8 Å². The van der Waals surface area contributed by atoms with E-state index in [-0.39, 0.29) is 47.3 Å². The Morgan fingerprint density at radius 1 is 1.14 bits per heavy atom. The van der Waals surface area contributed by atoms with Gasteiger partial charge in [-0.1, -0.05) is 11.6 Å². The molecule has 0 aromatic carbocycles. The Balaban J connectivity index is 1.60. The van der Waals surface area contributed by atoms with Gasteiger partial charge in [-0.05, 0) is 47.5 Å². The molecule has 0 aromatic heterocycles. The Bertz CT molecular complexity index is 774. The Morgan fingerprint density at radius 2 is 1.79 bits per heavy atom. The summed E-state index contributed by atoms with van der Waals surface area (Å²) in [4.78, 5) is 28.9. The number of hydrogen-bond acceptors (Lipinski definition) is 5. The summed E-state index contributed by atoms with van der Waals surface area (Å²) in [6, 6.07) is 0.235. The first kappa shape index (κ1) is 19.6. The van der Waals surface area contributed by atoms with Crippen molar-refractivity contribution in [3.8, 4) is 0 Å². The maximum atomic E-state index is 14.2. The van der Waals surface area contributed by atoms with Crippen molar-refractivity contribution in [3.05, 3.63) is 11.6 Å². The fraction of sp³-hybridized carbons (Fsp3) is 0.826. The summed E-state index contributed by atoms with van der Waals surface area (Å²) in [5.41, 5.74) is 0.483. The standard InChI is InChI=1S/C23H33NO5/c1-13(2)24(14(3)4)20(26)23-12-21(23)6-7-22(27-8-9-28-22)11-16(21)10-17-18(23)15(5)29-19(17)25/h10,13-15,17-18H,6-9,11-12H2,1-5H3/t15-,17-,18-,21+,23?/m1/s1. The average Bonchev–Trinajstić information content (AvgIpc) is 2.98. The number of hydrogen-bond donors (Lipinski definition) is 0. The Morgan fingerprint density at radius 3 is 2.41 bits per heavy atom. The maximum Gasteiger partial charge on any atom is 0.313 e. The van der Waals surface area contributed by atoms with Crippen LogP contribution >= 0.6 is 0 Å². The van der Waals surface area contributed by atoms with Crippen LogP contribution in [0.2, 0.25) is 0 Å². The lowest BCUT2D eigenvalue weighted by Gasteiger charge is -2.47. The highest BCUT2D eigenvalue weighted by Crippen LogP contribution is 2.81. The molecule has 2 saturated heterocycles. The molecule has 2 aliphatic heterocycles. The second kappa shape index (κ2) is 6.07. The van der Waals surface area contributed by atoms with Crippen LogP contribution in [0.1, 0.15) is 60.3 Å². The summed E-state index contributed by atoms with van der Waals surface area (Å²) < 4.78 is 17.7. The SMILES string of the molecule is CC(C)N(C(=O)C12C[C@]13CCC1(CC3=C[C@H]3C(=O)O[C@H](C)[C@H]32)OCCO1)C(C)C. The summed E-state index contributed by atoms with van der Waals surface area (Å²) in [7, 11) is 0. The molecule has 2 spiro atoms. The van der Waals surface area contributed by atoms with Crippen molar-refractivity contribution >= 4 is 11.9 Å². The molecule has 3 aliphatic carbocycles. The maximum absolute atomic E-state index is 14.2. The van der Waals surface area contributed by atoms with Crippen LogP contribution in [0.25, 0.3) is 0 Å². The molecule has 5 atom stereocenters. The molecule has 2 heterocycles. The predicted octanol–water partition coefficient (Wildman–Crippen LogP) is 3.05. The van der Waals surface area contributed by atoms with Crippen molar-refractivity contribution in [1.29, 1.82) is 0 Å². The quantitative estimate of drug-likeness (QED) is 0.535. The van der Waals surface area contributed by atoms with E-state index in [9.17, 15) is 9.59 Å². The Hall–Kier alpha value is -1.40. The van der Waals surface area contributed by atoms with E-state index >= 15 is 0 Å². The second-order valence-electron chi connectivity index (χ2n) is 10.3. The smallest absolute Gasteiger partial charge is 0.313 e. The number of amides is 1. The van der Waals surface area contributed by atoms with Gasteiger partial charge in [0.15, 0.2) is 5.79 Å². The molecule has 160 valence electrons.